The minimum atomic E-state index is -0.202. The van der Waals surface area contributed by atoms with E-state index in [1.54, 1.807) is 0 Å². The van der Waals surface area contributed by atoms with Gasteiger partial charge in [0.2, 0.25) is 0 Å². The Morgan fingerprint density at radius 3 is 2.68 bits per heavy atom. The summed E-state index contributed by atoms with van der Waals surface area (Å²) in [4.78, 5) is 0. The predicted molar refractivity (Wildman–Crippen MR) is 97.9 cm³/mol. The van der Waals surface area contributed by atoms with E-state index in [0.29, 0.717) is 6.04 Å². The molecule has 130 valence electrons. The predicted octanol–water partition coefficient (Wildman–Crippen LogP) is 3.83. The Kier molecular flexibility index (Phi) is 4.55. The molecule has 0 radical (unpaired) electrons. The molecule has 1 heterocycles. The lowest BCUT2D eigenvalue weighted by molar-refractivity contribution is 0.179. The van der Waals surface area contributed by atoms with Gasteiger partial charge in [0.05, 0.1) is 6.10 Å². The van der Waals surface area contributed by atoms with E-state index in [4.69, 9.17) is 0 Å². The number of halogens is 1. The van der Waals surface area contributed by atoms with Crippen LogP contribution in [0.15, 0.2) is 54.7 Å². The molecule has 1 aliphatic carbocycles. The van der Waals surface area contributed by atoms with Crippen LogP contribution < -0.4 is 5.32 Å². The first-order valence-electron chi connectivity index (χ1n) is 8.91. The van der Waals surface area contributed by atoms with E-state index in [1.165, 1.54) is 28.6 Å². The van der Waals surface area contributed by atoms with Gasteiger partial charge in [-0.2, -0.15) is 0 Å². The van der Waals surface area contributed by atoms with E-state index in [9.17, 15) is 9.50 Å². The van der Waals surface area contributed by atoms with Crippen molar-refractivity contribution in [3.8, 4) is 0 Å². The van der Waals surface area contributed by atoms with Crippen molar-refractivity contribution in [1.82, 2.24) is 9.88 Å². The maximum atomic E-state index is 13.1. The van der Waals surface area contributed by atoms with Gasteiger partial charge in [-0.05, 0) is 54.7 Å². The third-order valence-electron chi connectivity index (χ3n) is 5.16. The fourth-order valence-corrected chi connectivity index (χ4v) is 3.76. The summed E-state index contributed by atoms with van der Waals surface area (Å²) in [7, 11) is 0. The van der Waals surface area contributed by atoms with Gasteiger partial charge in [0.15, 0.2) is 0 Å². The summed E-state index contributed by atoms with van der Waals surface area (Å²) in [6.45, 7) is 1.55. The van der Waals surface area contributed by atoms with Crippen LogP contribution >= 0.6 is 0 Å². The number of nitrogens with one attached hydrogen (secondary N) is 1. The second kappa shape index (κ2) is 6.98. The van der Waals surface area contributed by atoms with Crippen LogP contribution in [0.5, 0.6) is 0 Å². The Bertz CT molecular complexity index is 856. The quantitative estimate of drug-likeness (QED) is 0.742. The third-order valence-corrected chi connectivity index (χ3v) is 5.16. The van der Waals surface area contributed by atoms with Crippen molar-refractivity contribution in [1.29, 1.82) is 0 Å². The third kappa shape index (κ3) is 3.60. The van der Waals surface area contributed by atoms with Gasteiger partial charge in [0, 0.05) is 36.2 Å². The molecule has 2 unspecified atom stereocenters. The first-order chi connectivity index (χ1) is 12.2. The molecule has 2 aromatic carbocycles. The molecule has 0 saturated heterocycles. The lowest BCUT2D eigenvalue weighted by Crippen LogP contribution is -2.26. The minimum Gasteiger partial charge on any atom is -0.393 e. The van der Waals surface area contributed by atoms with E-state index in [1.807, 2.05) is 12.1 Å². The summed E-state index contributed by atoms with van der Waals surface area (Å²) in [5.74, 6) is -0.202. The number of fused-ring (bicyclic) bond motifs is 1. The molecule has 3 nitrogen and oxygen atoms in total. The van der Waals surface area contributed by atoms with Crippen molar-refractivity contribution >= 4 is 10.9 Å². The highest BCUT2D eigenvalue weighted by atomic mass is 19.1. The average Bonchev–Trinajstić information content (AvgIpc) is 3.22. The number of nitrogens with zero attached hydrogens (tertiary/aromatic N) is 1. The van der Waals surface area contributed by atoms with Crippen LogP contribution in [-0.2, 0) is 13.1 Å². The van der Waals surface area contributed by atoms with Gasteiger partial charge in [-0.15, -0.1) is 0 Å². The summed E-state index contributed by atoms with van der Waals surface area (Å²) < 4.78 is 15.3. The van der Waals surface area contributed by atoms with Crippen LogP contribution in [0.1, 0.15) is 30.4 Å². The first-order valence-corrected chi connectivity index (χ1v) is 8.91. The monoisotopic (exact) mass is 338 g/mol. The highest BCUT2D eigenvalue weighted by molar-refractivity contribution is 5.83. The van der Waals surface area contributed by atoms with Crippen LogP contribution in [0.2, 0.25) is 0 Å². The summed E-state index contributed by atoms with van der Waals surface area (Å²) in [5.41, 5.74) is 3.55. The van der Waals surface area contributed by atoms with Gasteiger partial charge in [0.25, 0.3) is 0 Å². The van der Waals surface area contributed by atoms with Gasteiger partial charge >= 0.3 is 0 Å². The first kappa shape index (κ1) is 16.3. The molecule has 0 amide bonds. The zero-order chi connectivity index (χ0) is 17.2. The van der Waals surface area contributed by atoms with E-state index < -0.39 is 0 Å². The Morgan fingerprint density at radius 1 is 1.08 bits per heavy atom. The maximum absolute atomic E-state index is 13.1. The normalized spacial score (nSPS) is 20.4. The SMILES string of the molecule is OC1CCC(NCc2cccc3c2ccn3Cc2ccc(F)cc2)C1. The van der Waals surface area contributed by atoms with Crippen molar-refractivity contribution in [2.24, 2.45) is 0 Å². The van der Waals surface area contributed by atoms with Crippen molar-refractivity contribution in [2.45, 2.75) is 44.5 Å². The fourth-order valence-electron chi connectivity index (χ4n) is 3.76. The van der Waals surface area contributed by atoms with Crippen molar-refractivity contribution in [2.75, 3.05) is 0 Å². The van der Waals surface area contributed by atoms with Crippen LogP contribution in [0.4, 0.5) is 4.39 Å². The molecule has 1 aliphatic rings. The number of benzene rings is 2. The number of hydrogen-bond acceptors (Lipinski definition) is 2. The number of rotatable bonds is 5. The molecule has 1 saturated carbocycles. The van der Waals surface area contributed by atoms with Crippen molar-refractivity contribution in [3.63, 3.8) is 0 Å². The van der Waals surface area contributed by atoms with Gasteiger partial charge in [0.1, 0.15) is 5.82 Å². The smallest absolute Gasteiger partial charge is 0.123 e. The Labute approximate surface area is 147 Å². The number of aromatic nitrogens is 1. The highest BCUT2D eigenvalue weighted by Gasteiger charge is 2.22. The summed E-state index contributed by atoms with van der Waals surface area (Å²) >= 11 is 0. The Balaban J connectivity index is 1.52. The molecule has 25 heavy (non-hydrogen) atoms. The Morgan fingerprint density at radius 2 is 1.92 bits per heavy atom. The highest BCUT2D eigenvalue weighted by Crippen LogP contribution is 2.23. The number of aliphatic hydroxyl groups is 1. The molecule has 4 heteroatoms. The molecule has 3 aromatic rings. The largest absolute Gasteiger partial charge is 0.393 e. The lowest BCUT2D eigenvalue weighted by atomic mass is 10.1. The van der Waals surface area contributed by atoms with E-state index in [0.717, 1.165) is 37.9 Å². The molecule has 0 aliphatic heterocycles. The van der Waals surface area contributed by atoms with Gasteiger partial charge in [-0.3, -0.25) is 0 Å². The second-order valence-corrected chi connectivity index (χ2v) is 6.96. The second-order valence-electron chi connectivity index (χ2n) is 6.96. The van der Waals surface area contributed by atoms with E-state index in [-0.39, 0.29) is 11.9 Å². The topological polar surface area (TPSA) is 37.2 Å². The minimum absolute atomic E-state index is 0.148. The molecule has 2 atom stereocenters. The average molecular weight is 338 g/mol. The van der Waals surface area contributed by atoms with Crippen LogP contribution in [-0.4, -0.2) is 21.8 Å². The molecular formula is C21H23FN2O. The number of aliphatic hydroxyl groups excluding tert-OH is 1. The zero-order valence-electron chi connectivity index (χ0n) is 14.2. The molecular weight excluding hydrogens is 315 g/mol. The molecule has 0 bridgehead atoms. The lowest BCUT2D eigenvalue weighted by Gasteiger charge is -2.13. The maximum Gasteiger partial charge on any atom is 0.123 e. The van der Waals surface area contributed by atoms with Gasteiger partial charge < -0.3 is 15.0 Å². The molecule has 1 aromatic heterocycles. The standard InChI is InChI=1S/C21H23FN2O/c22-17-6-4-15(5-7-17)14-24-11-10-20-16(2-1-3-21(20)24)13-23-18-8-9-19(25)12-18/h1-7,10-11,18-19,23,25H,8-9,12-14H2. The van der Waals surface area contributed by atoms with E-state index >= 15 is 0 Å². The van der Waals surface area contributed by atoms with Gasteiger partial charge in [-0.1, -0.05) is 24.3 Å². The van der Waals surface area contributed by atoms with Gasteiger partial charge in [-0.25, -0.2) is 4.39 Å². The van der Waals surface area contributed by atoms with E-state index in [2.05, 4.69) is 40.3 Å². The Hall–Kier alpha value is -2.17. The zero-order valence-corrected chi connectivity index (χ0v) is 14.2. The number of hydrogen-bond donors (Lipinski definition) is 2. The fraction of sp³-hybridized carbons (Fsp3) is 0.333. The van der Waals surface area contributed by atoms with Crippen LogP contribution in [0.25, 0.3) is 10.9 Å². The summed E-state index contributed by atoms with van der Waals surface area (Å²) in [6, 6.07) is 15.6. The van der Waals surface area contributed by atoms with Crippen LogP contribution in [0.3, 0.4) is 0 Å². The van der Waals surface area contributed by atoms with Crippen molar-refractivity contribution < 1.29 is 9.50 Å². The summed E-state index contributed by atoms with van der Waals surface area (Å²) in [6.07, 6.45) is 4.74. The summed E-state index contributed by atoms with van der Waals surface area (Å²) in [5, 5.41) is 14.5. The molecule has 1 fully saturated rings. The molecule has 2 N–H and O–H groups in total. The molecule has 4 rings (SSSR count). The van der Waals surface area contributed by atoms with Crippen LogP contribution in [0, 0.1) is 5.82 Å². The molecule has 0 spiro atoms. The van der Waals surface area contributed by atoms with Crippen molar-refractivity contribution in [3.05, 3.63) is 71.7 Å².